The zero-order valence-corrected chi connectivity index (χ0v) is 14.5. The van der Waals surface area contributed by atoms with Crippen LogP contribution >= 0.6 is 0 Å². The highest BCUT2D eigenvalue weighted by Gasteiger charge is 2.67. The number of hydrogen-bond donors (Lipinski definition) is 3. The van der Waals surface area contributed by atoms with E-state index in [-0.39, 0.29) is 23.0 Å². The lowest BCUT2D eigenvalue weighted by molar-refractivity contribution is -0.167. The molecule has 8 unspecified atom stereocenters. The van der Waals surface area contributed by atoms with E-state index in [9.17, 15) is 15.3 Å². The van der Waals surface area contributed by atoms with Crippen LogP contribution in [0.2, 0.25) is 0 Å². The zero-order valence-electron chi connectivity index (χ0n) is 14.5. The van der Waals surface area contributed by atoms with Gasteiger partial charge in [0.05, 0.1) is 23.4 Å². The Morgan fingerprint density at radius 2 is 1.96 bits per heavy atom. The van der Waals surface area contributed by atoms with Crippen LogP contribution in [0.5, 0.6) is 0 Å². The van der Waals surface area contributed by atoms with Crippen LogP contribution in [0.15, 0.2) is 23.3 Å². The molecule has 132 valence electrons. The van der Waals surface area contributed by atoms with E-state index in [0.717, 1.165) is 44.1 Å². The van der Waals surface area contributed by atoms with Gasteiger partial charge in [0, 0.05) is 11.3 Å². The first kappa shape index (κ1) is 15.6. The number of aliphatic hydroxyl groups excluding tert-OH is 3. The van der Waals surface area contributed by atoms with Gasteiger partial charge in [-0.25, -0.2) is 0 Å². The molecule has 4 nitrogen and oxygen atoms in total. The van der Waals surface area contributed by atoms with Gasteiger partial charge in [0.2, 0.25) is 0 Å². The van der Waals surface area contributed by atoms with Crippen molar-refractivity contribution in [3.8, 4) is 0 Å². The standard InChI is InChI=1S/C20H28O4/c1-11-10-19-7-8-20(24-19)12(9-13(19)17(23)16(11)22)5-6-18(2)14(20)3-4-15(18)21/h5,9,11,14-17,21-23H,3-4,6-8,10H2,1-2H3. The average Bonchev–Trinajstić information content (AvgIpc) is 3.02. The summed E-state index contributed by atoms with van der Waals surface area (Å²) in [5.74, 6) is 0.374. The molecule has 0 aromatic heterocycles. The van der Waals surface area contributed by atoms with Gasteiger partial charge in [0.25, 0.3) is 0 Å². The minimum absolute atomic E-state index is 0.0296. The average molecular weight is 332 g/mol. The van der Waals surface area contributed by atoms with Crippen molar-refractivity contribution in [3.63, 3.8) is 0 Å². The lowest BCUT2D eigenvalue weighted by Gasteiger charge is -2.55. The molecule has 5 aliphatic rings. The zero-order chi connectivity index (χ0) is 16.9. The molecule has 0 aromatic carbocycles. The molecule has 0 amide bonds. The first-order valence-corrected chi connectivity index (χ1v) is 9.49. The molecular formula is C20H28O4. The molecule has 3 fully saturated rings. The number of rotatable bonds is 0. The number of hydrogen-bond acceptors (Lipinski definition) is 4. The van der Waals surface area contributed by atoms with Gasteiger partial charge < -0.3 is 20.1 Å². The van der Waals surface area contributed by atoms with Gasteiger partial charge in [0.15, 0.2) is 0 Å². The fraction of sp³-hybridized carbons (Fsp3) is 0.800. The second-order valence-corrected chi connectivity index (χ2v) is 9.22. The molecule has 2 spiro atoms. The molecule has 2 bridgehead atoms. The molecule has 24 heavy (non-hydrogen) atoms. The van der Waals surface area contributed by atoms with Crippen molar-refractivity contribution >= 4 is 0 Å². The van der Waals surface area contributed by atoms with Crippen LogP contribution in [0.1, 0.15) is 52.4 Å². The first-order chi connectivity index (χ1) is 11.3. The summed E-state index contributed by atoms with van der Waals surface area (Å²) in [5, 5.41) is 31.6. The topological polar surface area (TPSA) is 69.9 Å². The van der Waals surface area contributed by atoms with E-state index in [1.165, 1.54) is 5.57 Å². The molecule has 5 rings (SSSR count). The summed E-state index contributed by atoms with van der Waals surface area (Å²) in [5.41, 5.74) is 1.26. The predicted molar refractivity (Wildman–Crippen MR) is 89.2 cm³/mol. The van der Waals surface area contributed by atoms with Crippen molar-refractivity contribution in [1.82, 2.24) is 0 Å². The smallest absolute Gasteiger partial charge is 0.104 e. The molecule has 2 saturated carbocycles. The highest BCUT2D eigenvalue weighted by atomic mass is 16.5. The molecule has 2 aliphatic heterocycles. The summed E-state index contributed by atoms with van der Waals surface area (Å²) in [6.45, 7) is 4.22. The van der Waals surface area contributed by atoms with Crippen molar-refractivity contribution < 1.29 is 20.1 Å². The summed E-state index contributed by atoms with van der Waals surface area (Å²) < 4.78 is 6.88. The molecule has 1 saturated heterocycles. The minimum Gasteiger partial charge on any atom is -0.393 e. The molecule has 0 radical (unpaired) electrons. The fourth-order valence-corrected chi connectivity index (χ4v) is 6.69. The SMILES string of the molecule is CC1CC23CCC4(O2)C(=CCC2(C)C(O)CCC42)C=C3C(O)C1O. The molecular weight excluding hydrogens is 304 g/mol. The molecule has 8 atom stereocenters. The molecule has 4 heteroatoms. The van der Waals surface area contributed by atoms with E-state index in [0.29, 0.717) is 5.92 Å². The van der Waals surface area contributed by atoms with Gasteiger partial charge in [-0.2, -0.15) is 0 Å². The van der Waals surface area contributed by atoms with Crippen LogP contribution in [-0.4, -0.2) is 44.8 Å². The number of fused-ring (bicyclic) bond motifs is 1. The third kappa shape index (κ3) is 1.59. The Bertz CT molecular complexity index is 654. The van der Waals surface area contributed by atoms with Gasteiger partial charge in [-0.3, -0.25) is 0 Å². The van der Waals surface area contributed by atoms with Gasteiger partial charge >= 0.3 is 0 Å². The third-order valence-corrected chi connectivity index (χ3v) is 8.09. The largest absolute Gasteiger partial charge is 0.393 e. The van der Waals surface area contributed by atoms with E-state index in [1.807, 2.05) is 6.92 Å². The summed E-state index contributed by atoms with van der Waals surface area (Å²) in [7, 11) is 0. The summed E-state index contributed by atoms with van der Waals surface area (Å²) in [4.78, 5) is 0. The predicted octanol–water partition coefficient (Wildman–Crippen LogP) is 2.08. The lowest BCUT2D eigenvalue weighted by atomic mass is 9.60. The minimum atomic E-state index is -0.826. The molecule has 2 heterocycles. The molecule has 3 aliphatic carbocycles. The van der Waals surface area contributed by atoms with Gasteiger partial charge in [-0.1, -0.05) is 26.0 Å². The van der Waals surface area contributed by atoms with Crippen molar-refractivity contribution in [2.45, 2.75) is 81.9 Å². The summed E-state index contributed by atoms with van der Waals surface area (Å²) in [6.07, 6.45) is 7.96. The van der Waals surface area contributed by atoms with Crippen molar-refractivity contribution in [2.24, 2.45) is 17.3 Å². The molecule has 3 N–H and O–H groups in total. The van der Waals surface area contributed by atoms with E-state index in [4.69, 9.17) is 4.74 Å². The summed E-state index contributed by atoms with van der Waals surface area (Å²) in [6, 6.07) is 0. The normalized spacial score (nSPS) is 58.5. The summed E-state index contributed by atoms with van der Waals surface area (Å²) >= 11 is 0. The quantitative estimate of drug-likeness (QED) is 0.635. The number of aliphatic hydroxyl groups is 3. The number of ether oxygens (including phenoxy) is 1. The van der Waals surface area contributed by atoms with Crippen LogP contribution in [0.4, 0.5) is 0 Å². The Kier molecular flexibility index (Phi) is 2.94. The molecule has 0 aromatic rings. The van der Waals surface area contributed by atoms with Gasteiger partial charge in [0.1, 0.15) is 6.10 Å². The van der Waals surface area contributed by atoms with Crippen molar-refractivity contribution in [1.29, 1.82) is 0 Å². The van der Waals surface area contributed by atoms with E-state index in [1.54, 1.807) is 0 Å². The van der Waals surface area contributed by atoms with Crippen molar-refractivity contribution in [2.75, 3.05) is 0 Å². The maximum atomic E-state index is 10.7. The second-order valence-electron chi connectivity index (χ2n) is 9.22. The van der Waals surface area contributed by atoms with E-state index < -0.39 is 17.8 Å². The van der Waals surface area contributed by atoms with E-state index in [2.05, 4.69) is 19.1 Å². The van der Waals surface area contributed by atoms with Gasteiger partial charge in [-0.15, -0.1) is 0 Å². The fourth-order valence-electron chi connectivity index (χ4n) is 6.69. The highest BCUT2D eigenvalue weighted by molar-refractivity contribution is 5.49. The Hall–Kier alpha value is -0.680. The monoisotopic (exact) mass is 332 g/mol. The van der Waals surface area contributed by atoms with Crippen LogP contribution in [0, 0.1) is 17.3 Å². The Balaban J connectivity index is 1.65. The van der Waals surface area contributed by atoms with Crippen LogP contribution < -0.4 is 0 Å². The Morgan fingerprint density at radius 1 is 1.17 bits per heavy atom. The van der Waals surface area contributed by atoms with Crippen molar-refractivity contribution in [3.05, 3.63) is 23.3 Å². The Morgan fingerprint density at radius 3 is 2.75 bits per heavy atom. The Labute approximate surface area is 143 Å². The maximum Gasteiger partial charge on any atom is 0.104 e. The van der Waals surface area contributed by atoms with Gasteiger partial charge in [-0.05, 0) is 55.6 Å². The lowest BCUT2D eigenvalue weighted by Crippen LogP contribution is -2.58. The highest BCUT2D eigenvalue weighted by Crippen LogP contribution is 2.66. The van der Waals surface area contributed by atoms with Crippen LogP contribution in [0.3, 0.4) is 0 Å². The van der Waals surface area contributed by atoms with E-state index >= 15 is 0 Å². The first-order valence-electron chi connectivity index (χ1n) is 9.49. The number of allylic oxidation sites excluding steroid dienone is 1. The second kappa shape index (κ2) is 4.53. The third-order valence-electron chi connectivity index (χ3n) is 8.09. The maximum absolute atomic E-state index is 10.7. The van der Waals surface area contributed by atoms with Crippen LogP contribution in [-0.2, 0) is 4.74 Å². The van der Waals surface area contributed by atoms with Crippen LogP contribution in [0.25, 0.3) is 0 Å².